The number of methoxy groups -OCH3 is 1. The Hall–Kier alpha value is -0.130. The molecule has 0 spiro atoms. The number of nitrogens with one attached hydrogen (secondary N) is 1. The summed E-state index contributed by atoms with van der Waals surface area (Å²) in [7, 11) is 0.435. The highest BCUT2D eigenvalue weighted by Crippen LogP contribution is 2.33. The lowest BCUT2D eigenvalue weighted by atomic mass is 9.95. The SMILES string of the molecule is CNC1CCCCC1S(=O)(=O)C1CCCCC1OC. The lowest BCUT2D eigenvalue weighted by Crippen LogP contribution is -2.51. The van der Waals surface area contributed by atoms with Crippen LogP contribution in [0.25, 0.3) is 0 Å². The third kappa shape index (κ3) is 3.14. The molecule has 0 aromatic carbocycles. The molecule has 4 atom stereocenters. The van der Waals surface area contributed by atoms with E-state index in [1.165, 1.54) is 0 Å². The van der Waals surface area contributed by atoms with E-state index in [-0.39, 0.29) is 22.6 Å². The minimum absolute atomic E-state index is 0.0989. The minimum atomic E-state index is -3.10. The van der Waals surface area contributed by atoms with Gasteiger partial charge in [-0.2, -0.15) is 0 Å². The molecule has 1 N–H and O–H groups in total. The van der Waals surface area contributed by atoms with Crippen molar-refractivity contribution in [3.8, 4) is 0 Å². The summed E-state index contributed by atoms with van der Waals surface area (Å²) in [5.41, 5.74) is 0. The van der Waals surface area contributed by atoms with Crippen LogP contribution in [0.4, 0.5) is 0 Å². The number of hydrogen-bond acceptors (Lipinski definition) is 4. The van der Waals surface area contributed by atoms with Crippen molar-refractivity contribution in [1.82, 2.24) is 5.32 Å². The number of ether oxygens (including phenoxy) is 1. The van der Waals surface area contributed by atoms with Gasteiger partial charge in [-0.15, -0.1) is 0 Å². The molecule has 0 amide bonds. The van der Waals surface area contributed by atoms with Gasteiger partial charge in [0.25, 0.3) is 0 Å². The van der Waals surface area contributed by atoms with E-state index in [1.54, 1.807) is 7.11 Å². The summed E-state index contributed by atoms with van der Waals surface area (Å²) in [6.45, 7) is 0. The maximum atomic E-state index is 13.0. The molecule has 2 rings (SSSR count). The van der Waals surface area contributed by atoms with Gasteiger partial charge in [-0.25, -0.2) is 8.42 Å². The van der Waals surface area contributed by atoms with Gasteiger partial charge >= 0.3 is 0 Å². The molecular weight excluding hydrogens is 262 g/mol. The van der Waals surface area contributed by atoms with Crippen LogP contribution in [0.2, 0.25) is 0 Å². The number of sulfone groups is 1. The molecule has 2 aliphatic rings. The molecule has 0 heterocycles. The largest absolute Gasteiger partial charge is 0.380 e. The Balaban J connectivity index is 2.19. The Morgan fingerprint density at radius 3 is 2.16 bits per heavy atom. The second kappa shape index (κ2) is 6.55. The van der Waals surface area contributed by atoms with Gasteiger partial charge in [-0.3, -0.25) is 0 Å². The minimum Gasteiger partial charge on any atom is -0.380 e. The highest BCUT2D eigenvalue weighted by Gasteiger charge is 2.43. The molecule has 4 nitrogen and oxygen atoms in total. The summed E-state index contributed by atoms with van der Waals surface area (Å²) in [5.74, 6) is 0. The summed E-state index contributed by atoms with van der Waals surface area (Å²) >= 11 is 0. The van der Waals surface area contributed by atoms with Gasteiger partial charge in [0.05, 0.1) is 16.6 Å². The van der Waals surface area contributed by atoms with E-state index in [0.29, 0.717) is 0 Å². The van der Waals surface area contributed by atoms with Crippen LogP contribution < -0.4 is 5.32 Å². The lowest BCUT2D eigenvalue weighted by molar-refractivity contribution is 0.0732. The van der Waals surface area contributed by atoms with E-state index in [2.05, 4.69) is 5.32 Å². The molecule has 0 saturated heterocycles. The van der Waals surface area contributed by atoms with Crippen LogP contribution >= 0.6 is 0 Å². The van der Waals surface area contributed by atoms with Crippen molar-refractivity contribution in [2.75, 3.05) is 14.2 Å². The molecule has 112 valence electrons. The zero-order valence-corrected chi connectivity index (χ0v) is 12.9. The third-order valence-corrected chi connectivity index (χ3v) is 7.65. The van der Waals surface area contributed by atoms with Gasteiger partial charge in [0.2, 0.25) is 0 Å². The predicted octanol–water partition coefficient (Wildman–Crippen LogP) is 1.89. The Labute approximate surface area is 117 Å². The molecule has 0 aliphatic heterocycles. The topological polar surface area (TPSA) is 55.4 Å². The fourth-order valence-electron chi connectivity index (χ4n) is 3.75. The van der Waals surface area contributed by atoms with E-state index < -0.39 is 9.84 Å². The van der Waals surface area contributed by atoms with E-state index in [0.717, 1.165) is 51.4 Å². The maximum absolute atomic E-state index is 13.0. The molecule has 2 aliphatic carbocycles. The summed E-state index contributed by atoms with van der Waals surface area (Å²) in [4.78, 5) is 0. The molecule has 0 aromatic rings. The second-order valence-electron chi connectivity index (χ2n) is 5.90. The van der Waals surface area contributed by atoms with Crippen molar-refractivity contribution in [2.45, 2.75) is 74.0 Å². The quantitative estimate of drug-likeness (QED) is 0.858. The lowest BCUT2D eigenvalue weighted by Gasteiger charge is -2.37. The van der Waals surface area contributed by atoms with Gasteiger partial charge in [-0.1, -0.05) is 25.7 Å². The first-order chi connectivity index (χ1) is 9.11. The second-order valence-corrected chi connectivity index (χ2v) is 8.29. The van der Waals surface area contributed by atoms with Crippen LogP contribution in [-0.2, 0) is 14.6 Å². The zero-order chi connectivity index (χ0) is 13.9. The van der Waals surface area contributed by atoms with E-state index in [4.69, 9.17) is 4.74 Å². The van der Waals surface area contributed by atoms with Gasteiger partial charge in [-0.05, 0) is 32.7 Å². The van der Waals surface area contributed by atoms with Crippen LogP contribution in [0.3, 0.4) is 0 Å². The molecular formula is C14H27NO3S. The number of hydrogen-bond donors (Lipinski definition) is 1. The highest BCUT2D eigenvalue weighted by molar-refractivity contribution is 7.92. The van der Waals surface area contributed by atoms with Crippen molar-refractivity contribution < 1.29 is 13.2 Å². The van der Waals surface area contributed by atoms with Crippen LogP contribution in [0.15, 0.2) is 0 Å². The normalized spacial score (nSPS) is 37.2. The molecule has 2 fully saturated rings. The van der Waals surface area contributed by atoms with Gasteiger partial charge in [0.1, 0.15) is 0 Å². The van der Waals surface area contributed by atoms with Crippen LogP contribution in [0.5, 0.6) is 0 Å². The van der Waals surface area contributed by atoms with E-state index >= 15 is 0 Å². The van der Waals surface area contributed by atoms with E-state index in [9.17, 15) is 8.42 Å². The van der Waals surface area contributed by atoms with Crippen LogP contribution in [0.1, 0.15) is 51.4 Å². The average molecular weight is 289 g/mol. The molecule has 0 aromatic heterocycles. The van der Waals surface area contributed by atoms with Crippen LogP contribution in [0, 0.1) is 0 Å². The van der Waals surface area contributed by atoms with Gasteiger partial charge in [0, 0.05) is 13.2 Å². The molecule has 5 heteroatoms. The monoisotopic (exact) mass is 289 g/mol. The Morgan fingerprint density at radius 2 is 1.53 bits per heavy atom. The smallest absolute Gasteiger partial charge is 0.160 e. The third-order valence-electron chi connectivity index (χ3n) is 4.86. The fraction of sp³-hybridized carbons (Fsp3) is 1.00. The van der Waals surface area contributed by atoms with Gasteiger partial charge in [0.15, 0.2) is 9.84 Å². The molecule has 0 bridgehead atoms. The van der Waals surface area contributed by atoms with Crippen molar-refractivity contribution in [3.05, 3.63) is 0 Å². The van der Waals surface area contributed by atoms with Crippen molar-refractivity contribution >= 4 is 9.84 Å². The molecule has 0 radical (unpaired) electrons. The fourth-order valence-corrected chi connectivity index (χ4v) is 6.59. The summed E-state index contributed by atoms with van der Waals surface area (Å²) in [5, 5.41) is 2.71. The maximum Gasteiger partial charge on any atom is 0.160 e. The Morgan fingerprint density at radius 1 is 0.947 bits per heavy atom. The standard InChI is InChI=1S/C14H27NO3S/c1-15-11-7-3-5-9-13(11)19(16,17)14-10-6-4-8-12(14)18-2/h11-15H,3-10H2,1-2H3. The Kier molecular flexibility index (Phi) is 5.26. The average Bonchev–Trinajstić information content (AvgIpc) is 2.47. The van der Waals surface area contributed by atoms with Crippen molar-refractivity contribution in [2.24, 2.45) is 0 Å². The van der Waals surface area contributed by atoms with Crippen molar-refractivity contribution in [1.29, 1.82) is 0 Å². The first-order valence-electron chi connectivity index (χ1n) is 7.54. The number of rotatable bonds is 4. The Bertz CT molecular complexity index is 352. The first-order valence-corrected chi connectivity index (χ1v) is 9.15. The van der Waals surface area contributed by atoms with E-state index in [1.807, 2.05) is 7.05 Å². The molecule has 4 unspecified atom stereocenters. The predicted molar refractivity (Wildman–Crippen MR) is 77.1 cm³/mol. The zero-order valence-electron chi connectivity index (χ0n) is 12.1. The molecule has 2 saturated carbocycles. The first kappa shape index (κ1) is 15.3. The van der Waals surface area contributed by atoms with Crippen molar-refractivity contribution in [3.63, 3.8) is 0 Å². The van der Waals surface area contributed by atoms with Gasteiger partial charge < -0.3 is 10.1 Å². The summed E-state index contributed by atoms with van der Waals surface area (Å²) < 4.78 is 31.4. The summed E-state index contributed by atoms with van der Waals surface area (Å²) in [6, 6.07) is 0.123. The highest BCUT2D eigenvalue weighted by atomic mass is 32.2. The molecule has 19 heavy (non-hydrogen) atoms. The summed E-state index contributed by atoms with van der Waals surface area (Å²) in [6.07, 6.45) is 7.61. The van der Waals surface area contributed by atoms with Crippen LogP contribution in [-0.4, -0.2) is 45.2 Å².